The maximum Gasteiger partial charge on any atom is 0.226 e. The molecule has 8 atom stereocenters. The smallest absolute Gasteiger partial charge is 0.226 e. The van der Waals surface area contributed by atoms with Crippen molar-refractivity contribution in [3.05, 3.63) is 0 Å². The van der Waals surface area contributed by atoms with Crippen molar-refractivity contribution < 1.29 is 4.79 Å². The molecule has 4 rings (SSSR count). The predicted molar refractivity (Wildman–Crippen MR) is 121 cm³/mol. The highest BCUT2D eigenvalue weighted by Crippen LogP contribution is 2.67. The summed E-state index contributed by atoms with van der Waals surface area (Å²) in [7, 11) is 0. The average Bonchev–Trinajstić information content (AvgIpc) is 2.95. The molecule has 4 fully saturated rings. The molecular weight excluding hydrogens is 354 g/mol. The Balaban J connectivity index is 1.51. The molecular formula is C27H47NO. The Morgan fingerprint density at radius 3 is 2.52 bits per heavy atom. The first-order valence-corrected chi connectivity index (χ1v) is 13.1. The monoisotopic (exact) mass is 401 g/mol. The maximum absolute atomic E-state index is 13.2. The van der Waals surface area contributed by atoms with Crippen LogP contribution in [0.2, 0.25) is 0 Å². The van der Waals surface area contributed by atoms with Crippen molar-refractivity contribution in [3.8, 4) is 0 Å². The molecule has 8 unspecified atom stereocenters. The highest BCUT2D eigenvalue weighted by atomic mass is 16.2. The lowest BCUT2D eigenvalue weighted by Gasteiger charge is -2.58. The minimum Gasteiger partial charge on any atom is -0.356 e. The SMILES string of the molecule is CC(C)CCCC(C)C1CCC2C3CCC4CCCNC(=O)C4(C)C3CCC12C. The molecule has 1 amide bonds. The van der Waals surface area contributed by atoms with E-state index in [0.29, 0.717) is 23.2 Å². The Morgan fingerprint density at radius 1 is 0.966 bits per heavy atom. The fraction of sp³-hybridized carbons (Fsp3) is 0.963. The summed E-state index contributed by atoms with van der Waals surface area (Å²) in [4.78, 5) is 13.2. The summed E-state index contributed by atoms with van der Waals surface area (Å²) < 4.78 is 0. The lowest BCUT2D eigenvalue weighted by Crippen LogP contribution is -2.56. The van der Waals surface area contributed by atoms with Crippen molar-refractivity contribution in [2.75, 3.05) is 6.54 Å². The van der Waals surface area contributed by atoms with E-state index in [1.807, 2.05) is 0 Å². The largest absolute Gasteiger partial charge is 0.356 e. The lowest BCUT2D eigenvalue weighted by molar-refractivity contribution is -0.152. The third-order valence-electron chi connectivity index (χ3n) is 10.6. The van der Waals surface area contributed by atoms with Crippen LogP contribution in [-0.4, -0.2) is 12.5 Å². The van der Waals surface area contributed by atoms with Gasteiger partial charge in [-0.25, -0.2) is 0 Å². The molecule has 1 saturated heterocycles. The van der Waals surface area contributed by atoms with Crippen molar-refractivity contribution in [1.29, 1.82) is 0 Å². The molecule has 4 aliphatic rings. The van der Waals surface area contributed by atoms with Gasteiger partial charge in [-0.2, -0.15) is 0 Å². The van der Waals surface area contributed by atoms with Crippen LogP contribution in [0.15, 0.2) is 0 Å². The van der Waals surface area contributed by atoms with Gasteiger partial charge in [0.05, 0.1) is 5.41 Å². The molecule has 0 aromatic heterocycles. The summed E-state index contributed by atoms with van der Waals surface area (Å²) in [6.07, 6.45) is 14.9. The standard InChI is InChI=1S/C27H47NO/c1-18(2)8-6-9-19(3)22-13-14-23-21-12-11-20-10-7-17-28-25(29)27(20,5)24(21)15-16-26(22,23)4/h18-24H,6-17H2,1-5H3,(H,28,29). The van der Waals surface area contributed by atoms with Crippen molar-refractivity contribution in [1.82, 2.24) is 5.32 Å². The van der Waals surface area contributed by atoms with Crippen LogP contribution in [-0.2, 0) is 4.79 Å². The van der Waals surface area contributed by atoms with E-state index in [-0.39, 0.29) is 5.41 Å². The van der Waals surface area contributed by atoms with E-state index in [9.17, 15) is 4.79 Å². The van der Waals surface area contributed by atoms with Crippen molar-refractivity contribution in [2.45, 2.75) is 105 Å². The predicted octanol–water partition coefficient (Wildman–Crippen LogP) is 6.83. The molecule has 0 radical (unpaired) electrons. The van der Waals surface area contributed by atoms with Gasteiger partial charge in [-0.1, -0.05) is 53.9 Å². The molecule has 0 aromatic carbocycles. The van der Waals surface area contributed by atoms with Gasteiger partial charge in [0.15, 0.2) is 0 Å². The van der Waals surface area contributed by atoms with Crippen molar-refractivity contribution in [2.24, 2.45) is 52.3 Å². The van der Waals surface area contributed by atoms with Crippen LogP contribution in [0.3, 0.4) is 0 Å². The van der Waals surface area contributed by atoms with Crippen LogP contribution in [0, 0.1) is 52.3 Å². The van der Waals surface area contributed by atoms with Gasteiger partial charge in [0.1, 0.15) is 0 Å². The summed E-state index contributed by atoms with van der Waals surface area (Å²) >= 11 is 0. The third-order valence-corrected chi connectivity index (χ3v) is 10.6. The van der Waals surface area contributed by atoms with Gasteiger partial charge in [0.2, 0.25) is 5.91 Å². The molecule has 1 heterocycles. The fourth-order valence-corrected chi connectivity index (χ4v) is 8.99. The number of rotatable bonds is 5. The Labute approximate surface area is 180 Å². The topological polar surface area (TPSA) is 29.1 Å². The van der Waals surface area contributed by atoms with Crippen LogP contribution in [0.1, 0.15) is 105 Å². The van der Waals surface area contributed by atoms with Crippen LogP contribution in [0.25, 0.3) is 0 Å². The molecule has 3 saturated carbocycles. The maximum atomic E-state index is 13.2. The molecule has 2 nitrogen and oxygen atoms in total. The van der Waals surface area contributed by atoms with Crippen LogP contribution < -0.4 is 5.32 Å². The van der Waals surface area contributed by atoms with E-state index in [2.05, 4.69) is 39.9 Å². The number of carbonyl (C=O) groups excluding carboxylic acids is 1. The molecule has 0 aromatic rings. The number of fused-ring (bicyclic) bond motifs is 5. The molecule has 29 heavy (non-hydrogen) atoms. The zero-order valence-corrected chi connectivity index (χ0v) is 19.9. The van der Waals surface area contributed by atoms with Gasteiger partial charge in [-0.15, -0.1) is 0 Å². The fourth-order valence-electron chi connectivity index (χ4n) is 8.99. The second kappa shape index (κ2) is 8.19. The second-order valence-corrected chi connectivity index (χ2v) is 12.4. The molecule has 1 N–H and O–H groups in total. The van der Waals surface area contributed by atoms with Crippen LogP contribution in [0.5, 0.6) is 0 Å². The van der Waals surface area contributed by atoms with Crippen molar-refractivity contribution >= 4 is 5.91 Å². The van der Waals surface area contributed by atoms with E-state index in [0.717, 1.165) is 36.1 Å². The average molecular weight is 402 g/mol. The van der Waals surface area contributed by atoms with Gasteiger partial charge in [0.25, 0.3) is 0 Å². The van der Waals surface area contributed by atoms with E-state index in [4.69, 9.17) is 0 Å². The Morgan fingerprint density at radius 2 is 1.76 bits per heavy atom. The minimum atomic E-state index is -0.0955. The zero-order chi connectivity index (χ0) is 20.8. The molecule has 3 aliphatic carbocycles. The Kier molecular flexibility index (Phi) is 6.13. The summed E-state index contributed by atoms with van der Waals surface area (Å²) in [5.41, 5.74) is 0.435. The molecule has 1 aliphatic heterocycles. The molecule has 0 spiro atoms. The van der Waals surface area contributed by atoms with Gasteiger partial charge in [0, 0.05) is 6.54 Å². The lowest BCUT2D eigenvalue weighted by atomic mass is 9.46. The van der Waals surface area contributed by atoms with Crippen molar-refractivity contribution in [3.63, 3.8) is 0 Å². The third kappa shape index (κ3) is 3.59. The number of hydrogen-bond acceptors (Lipinski definition) is 1. The summed E-state index contributed by atoms with van der Waals surface area (Å²) in [5, 5.41) is 3.31. The van der Waals surface area contributed by atoms with E-state index in [1.165, 1.54) is 70.6 Å². The highest BCUT2D eigenvalue weighted by Gasteiger charge is 2.61. The first-order valence-electron chi connectivity index (χ1n) is 13.1. The molecule has 0 bridgehead atoms. The summed E-state index contributed by atoms with van der Waals surface area (Å²) in [6, 6.07) is 0. The van der Waals surface area contributed by atoms with E-state index < -0.39 is 0 Å². The number of amides is 1. The van der Waals surface area contributed by atoms with E-state index >= 15 is 0 Å². The normalized spacial score (nSPS) is 45.7. The number of hydrogen-bond donors (Lipinski definition) is 1. The van der Waals surface area contributed by atoms with Gasteiger partial charge >= 0.3 is 0 Å². The van der Waals surface area contributed by atoms with Gasteiger partial charge in [-0.05, 0) is 98.2 Å². The number of nitrogens with one attached hydrogen (secondary N) is 1. The minimum absolute atomic E-state index is 0.0955. The molecule has 2 heteroatoms. The first kappa shape index (κ1) is 21.7. The quantitative estimate of drug-likeness (QED) is 0.537. The Hall–Kier alpha value is -0.530. The molecule has 166 valence electrons. The zero-order valence-electron chi connectivity index (χ0n) is 19.9. The highest BCUT2D eigenvalue weighted by molar-refractivity contribution is 5.83. The second-order valence-electron chi connectivity index (χ2n) is 12.4. The van der Waals surface area contributed by atoms with Gasteiger partial charge < -0.3 is 5.32 Å². The van der Waals surface area contributed by atoms with Crippen LogP contribution in [0.4, 0.5) is 0 Å². The van der Waals surface area contributed by atoms with E-state index in [1.54, 1.807) is 0 Å². The first-order chi connectivity index (χ1) is 13.8. The summed E-state index contributed by atoms with van der Waals surface area (Å²) in [5.74, 6) is 5.94. The summed E-state index contributed by atoms with van der Waals surface area (Å²) in [6.45, 7) is 13.2. The van der Waals surface area contributed by atoms with Crippen LogP contribution >= 0.6 is 0 Å². The van der Waals surface area contributed by atoms with Gasteiger partial charge in [-0.3, -0.25) is 4.79 Å². The Bertz CT molecular complexity index is 599. The number of carbonyl (C=O) groups is 1.